The molecular formula is C20H38O2. The van der Waals surface area contributed by atoms with Crippen LogP contribution in [-0.4, -0.2) is 26.4 Å². The summed E-state index contributed by atoms with van der Waals surface area (Å²) < 4.78 is 10.6. The van der Waals surface area contributed by atoms with Gasteiger partial charge in [0, 0.05) is 6.61 Å². The van der Waals surface area contributed by atoms with E-state index in [1.807, 2.05) is 0 Å². The highest BCUT2D eigenvalue weighted by atomic mass is 16.5. The second-order valence-corrected chi connectivity index (χ2v) is 6.11. The minimum atomic E-state index is 0.391. The van der Waals surface area contributed by atoms with Gasteiger partial charge in [0.2, 0.25) is 0 Å². The van der Waals surface area contributed by atoms with Crippen LogP contribution >= 0.6 is 0 Å². The van der Waals surface area contributed by atoms with Gasteiger partial charge in [0.1, 0.15) is 6.61 Å². The molecule has 130 valence electrons. The second-order valence-electron chi connectivity index (χ2n) is 6.11. The van der Waals surface area contributed by atoms with Gasteiger partial charge in [0.05, 0.1) is 13.2 Å². The zero-order valence-electron chi connectivity index (χ0n) is 14.9. The van der Waals surface area contributed by atoms with Gasteiger partial charge in [0.25, 0.3) is 0 Å². The van der Waals surface area contributed by atoms with Crippen molar-refractivity contribution in [2.75, 3.05) is 26.4 Å². The molecule has 0 aliphatic rings. The van der Waals surface area contributed by atoms with Gasteiger partial charge in [-0.2, -0.15) is 0 Å². The predicted octanol–water partition coefficient (Wildman–Crippen LogP) is 5.74. The summed E-state index contributed by atoms with van der Waals surface area (Å²) in [5, 5.41) is 0. The van der Waals surface area contributed by atoms with Crippen molar-refractivity contribution in [3.63, 3.8) is 0 Å². The van der Waals surface area contributed by atoms with E-state index in [0.717, 1.165) is 6.61 Å². The van der Waals surface area contributed by atoms with Crippen molar-refractivity contribution in [1.29, 1.82) is 0 Å². The van der Waals surface area contributed by atoms with Gasteiger partial charge in [-0.15, -0.1) is 6.42 Å². The summed E-state index contributed by atoms with van der Waals surface area (Å²) in [6, 6.07) is 0. The van der Waals surface area contributed by atoms with Crippen LogP contribution in [0.3, 0.4) is 0 Å². The third-order valence-electron chi connectivity index (χ3n) is 3.95. The lowest BCUT2D eigenvalue weighted by Crippen LogP contribution is -2.05. The molecule has 0 aromatic rings. The maximum absolute atomic E-state index is 5.49. The lowest BCUT2D eigenvalue weighted by atomic mass is 10.0. The van der Waals surface area contributed by atoms with Crippen molar-refractivity contribution < 1.29 is 9.47 Å². The molecular weight excluding hydrogens is 272 g/mol. The van der Waals surface area contributed by atoms with Crippen LogP contribution < -0.4 is 0 Å². The maximum Gasteiger partial charge on any atom is 0.107 e. The molecule has 0 aromatic carbocycles. The van der Waals surface area contributed by atoms with Crippen LogP contribution in [-0.2, 0) is 9.47 Å². The Morgan fingerprint density at radius 2 is 1.05 bits per heavy atom. The summed E-state index contributed by atoms with van der Waals surface area (Å²) in [5.74, 6) is 2.44. The van der Waals surface area contributed by atoms with E-state index in [1.165, 1.54) is 83.5 Å². The Labute approximate surface area is 139 Å². The molecule has 0 saturated carbocycles. The van der Waals surface area contributed by atoms with Crippen molar-refractivity contribution in [1.82, 2.24) is 0 Å². The van der Waals surface area contributed by atoms with E-state index in [-0.39, 0.29) is 0 Å². The van der Waals surface area contributed by atoms with Crippen molar-refractivity contribution in [2.45, 2.75) is 90.4 Å². The Morgan fingerprint density at radius 3 is 1.55 bits per heavy atom. The summed E-state index contributed by atoms with van der Waals surface area (Å²) in [6.45, 7) is 4.81. The van der Waals surface area contributed by atoms with Crippen LogP contribution in [0, 0.1) is 12.3 Å². The fraction of sp³-hybridized carbons (Fsp3) is 0.900. The van der Waals surface area contributed by atoms with E-state index in [4.69, 9.17) is 15.9 Å². The first-order valence-corrected chi connectivity index (χ1v) is 9.50. The highest BCUT2D eigenvalue weighted by Gasteiger charge is 1.94. The molecule has 2 nitrogen and oxygen atoms in total. The number of hydrogen-bond acceptors (Lipinski definition) is 2. The number of unbranched alkanes of at least 4 members (excludes halogenated alkanes) is 12. The van der Waals surface area contributed by atoms with E-state index < -0.39 is 0 Å². The summed E-state index contributed by atoms with van der Waals surface area (Å²) in [6.07, 6.45) is 23.1. The minimum Gasteiger partial charge on any atom is -0.379 e. The Bertz CT molecular complexity index is 232. The Morgan fingerprint density at radius 1 is 0.591 bits per heavy atom. The summed E-state index contributed by atoms with van der Waals surface area (Å²) >= 11 is 0. The normalized spacial score (nSPS) is 10.7. The highest BCUT2D eigenvalue weighted by Crippen LogP contribution is 2.12. The van der Waals surface area contributed by atoms with E-state index in [9.17, 15) is 0 Å². The van der Waals surface area contributed by atoms with Crippen LogP contribution in [0.5, 0.6) is 0 Å². The van der Waals surface area contributed by atoms with Crippen LogP contribution in [0.1, 0.15) is 90.4 Å². The van der Waals surface area contributed by atoms with Gasteiger partial charge in [-0.05, 0) is 6.42 Å². The molecule has 0 atom stereocenters. The molecule has 22 heavy (non-hydrogen) atoms. The van der Waals surface area contributed by atoms with Gasteiger partial charge < -0.3 is 9.47 Å². The topological polar surface area (TPSA) is 18.5 Å². The molecule has 0 fully saturated rings. The smallest absolute Gasteiger partial charge is 0.107 e. The molecule has 0 aliphatic heterocycles. The van der Waals surface area contributed by atoms with Gasteiger partial charge in [-0.3, -0.25) is 0 Å². The summed E-state index contributed by atoms with van der Waals surface area (Å²) in [7, 11) is 0. The zero-order valence-corrected chi connectivity index (χ0v) is 14.9. The highest BCUT2D eigenvalue weighted by molar-refractivity contribution is 4.82. The molecule has 0 heterocycles. The van der Waals surface area contributed by atoms with Gasteiger partial charge >= 0.3 is 0 Å². The van der Waals surface area contributed by atoms with Crippen molar-refractivity contribution in [2.24, 2.45) is 0 Å². The maximum atomic E-state index is 5.49. The van der Waals surface area contributed by atoms with Gasteiger partial charge in [-0.1, -0.05) is 89.9 Å². The van der Waals surface area contributed by atoms with E-state index in [1.54, 1.807) is 0 Å². The Kier molecular flexibility index (Phi) is 20.0. The number of ether oxygens (including phenoxy) is 2. The predicted molar refractivity (Wildman–Crippen MR) is 96.2 cm³/mol. The third-order valence-corrected chi connectivity index (χ3v) is 3.95. The summed E-state index contributed by atoms with van der Waals surface area (Å²) in [5.41, 5.74) is 0. The first-order valence-electron chi connectivity index (χ1n) is 9.50. The first-order chi connectivity index (χ1) is 10.9. The first kappa shape index (κ1) is 21.5. The number of rotatable bonds is 18. The van der Waals surface area contributed by atoms with Gasteiger partial charge in [0.15, 0.2) is 0 Å². The van der Waals surface area contributed by atoms with Crippen molar-refractivity contribution in [3.8, 4) is 12.3 Å². The van der Waals surface area contributed by atoms with Crippen LogP contribution in [0.15, 0.2) is 0 Å². The van der Waals surface area contributed by atoms with E-state index in [2.05, 4.69) is 12.8 Å². The Balaban J connectivity index is 2.93. The molecule has 0 spiro atoms. The fourth-order valence-corrected chi connectivity index (χ4v) is 2.57. The molecule has 0 amide bonds. The monoisotopic (exact) mass is 310 g/mol. The number of terminal acetylenes is 1. The van der Waals surface area contributed by atoms with E-state index in [0.29, 0.717) is 19.8 Å². The number of hydrogen-bond donors (Lipinski definition) is 0. The summed E-state index contributed by atoms with van der Waals surface area (Å²) in [4.78, 5) is 0. The average Bonchev–Trinajstić information content (AvgIpc) is 2.54. The lowest BCUT2D eigenvalue weighted by Gasteiger charge is -2.05. The van der Waals surface area contributed by atoms with Gasteiger partial charge in [-0.25, -0.2) is 0 Å². The fourth-order valence-electron chi connectivity index (χ4n) is 2.57. The SMILES string of the molecule is C#CCOCCOCCCCCCCCCCCCCCC. The molecule has 0 aromatic heterocycles. The van der Waals surface area contributed by atoms with Crippen LogP contribution in [0.25, 0.3) is 0 Å². The molecule has 0 rings (SSSR count). The Hall–Kier alpha value is -0.520. The molecule has 0 aliphatic carbocycles. The molecule has 2 heteroatoms. The largest absolute Gasteiger partial charge is 0.379 e. The van der Waals surface area contributed by atoms with Crippen LogP contribution in [0.4, 0.5) is 0 Å². The van der Waals surface area contributed by atoms with E-state index >= 15 is 0 Å². The molecule has 0 N–H and O–H groups in total. The van der Waals surface area contributed by atoms with Crippen LogP contribution in [0.2, 0.25) is 0 Å². The molecule has 0 radical (unpaired) electrons. The zero-order chi connectivity index (χ0) is 16.1. The molecule has 0 bridgehead atoms. The quantitative estimate of drug-likeness (QED) is 0.237. The van der Waals surface area contributed by atoms with Crippen molar-refractivity contribution in [3.05, 3.63) is 0 Å². The van der Waals surface area contributed by atoms with Crippen molar-refractivity contribution >= 4 is 0 Å². The average molecular weight is 311 g/mol. The lowest BCUT2D eigenvalue weighted by molar-refractivity contribution is 0.0583. The molecule has 0 saturated heterocycles. The molecule has 0 unspecified atom stereocenters. The standard InChI is InChI=1S/C20H38O2/c1-3-5-6-7-8-9-10-11-12-13-14-15-16-18-22-20-19-21-17-4-2/h2H,3,5-20H2,1H3. The minimum absolute atomic E-state index is 0.391. The second kappa shape index (κ2) is 20.5. The third kappa shape index (κ3) is 19.5.